The van der Waals surface area contributed by atoms with E-state index in [4.69, 9.17) is 25.5 Å². The number of hydrogen-bond donors (Lipinski definition) is 0. The molecule has 0 N–H and O–H groups in total. The second-order valence-electron chi connectivity index (χ2n) is 5.07. The van der Waals surface area contributed by atoms with Gasteiger partial charge in [-0.05, 0) is 41.6 Å². The monoisotopic (exact) mass is 374 g/mol. The maximum Gasteiger partial charge on any atom is 0.261 e. The Morgan fingerprint density at radius 3 is 2.76 bits per heavy atom. The zero-order valence-corrected chi connectivity index (χ0v) is 14.1. The molecular formula is C17H9ClNO5S-. The predicted molar refractivity (Wildman–Crippen MR) is 90.4 cm³/mol. The summed E-state index contributed by atoms with van der Waals surface area (Å²) in [6.07, 6.45) is 1.39. The molecule has 2 heterocycles. The van der Waals surface area contributed by atoms with E-state index in [1.54, 1.807) is 24.3 Å². The Labute approximate surface area is 151 Å². The van der Waals surface area contributed by atoms with Gasteiger partial charge in [-0.3, -0.25) is 0 Å². The van der Waals surface area contributed by atoms with Gasteiger partial charge in [0.2, 0.25) is 6.79 Å². The first kappa shape index (κ1) is 15.9. The first-order chi connectivity index (χ1) is 12.1. The van der Waals surface area contributed by atoms with Crippen molar-refractivity contribution in [3.05, 3.63) is 51.9 Å². The molecule has 1 aromatic heterocycles. The van der Waals surface area contributed by atoms with Crippen LogP contribution >= 0.6 is 23.4 Å². The molecule has 0 spiro atoms. The number of nitrogens with zero attached hydrogens (tertiary/aromatic N) is 1. The van der Waals surface area contributed by atoms with E-state index >= 15 is 0 Å². The molecule has 8 heteroatoms. The lowest BCUT2D eigenvalue weighted by atomic mass is 10.2. The second kappa shape index (κ2) is 6.34. The van der Waals surface area contributed by atoms with E-state index in [2.05, 4.69) is 4.98 Å². The van der Waals surface area contributed by atoms with Gasteiger partial charge >= 0.3 is 0 Å². The number of rotatable bonds is 4. The van der Waals surface area contributed by atoms with Crippen molar-refractivity contribution in [1.82, 2.24) is 4.98 Å². The molecule has 1 aliphatic rings. The van der Waals surface area contributed by atoms with Crippen molar-refractivity contribution in [2.75, 3.05) is 6.79 Å². The molecule has 6 nitrogen and oxygen atoms in total. The summed E-state index contributed by atoms with van der Waals surface area (Å²) in [5, 5.41) is 12.0. The first-order valence-electron chi connectivity index (χ1n) is 7.16. The van der Waals surface area contributed by atoms with Gasteiger partial charge in [-0.1, -0.05) is 23.7 Å². The van der Waals surface area contributed by atoms with Crippen LogP contribution < -0.4 is 14.6 Å². The van der Waals surface area contributed by atoms with E-state index in [1.165, 1.54) is 6.08 Å². The number of fused-ring (bicyclic) bond motifs is 2. The van der Waals surface area contributed by atoms with Crippen LogP contribution in [-0.2, 0) is 4.79 Å². The summed E-state index contributed by atoms with van der Waals surface area (Å²) in [5.74, 6) is -0.343. The molecule has 25 heavy (non-hydrogen) atoms. The lowest BCUT2D eigenvalue weighted by molar-refractivity contribution is -0.298. The molecule has 0 aliphatic carbocycles. The van der Waals surface area contributed by atoms with Gasteiger partial charge in [0.05, 0.1) is 11.0 Å². The van der Waals surface area contributed by atoms with Gasteiger partial charge in [0.25, 0.3) is 5.22 Å². The van der Waals surface area contributed by atoms with E-state index in [-0.39, 0.29) is 16.9 Å². The highest BCUT2D eigenvalue weighted by molar-refractivity contribution is 8.03. The van der Waals surface area contributed by atoms with Crippen LogP contribution in [0.1, 0.15) is 5.56 Å². The molecule has 0 bridgehead atoms. The molecule has 4 rings (SSSR count). The quantitative estimate of drug-likeness (QED) is 0.512. The minimum atomic E-state index is -1.36. The van der Waals surface area contributed by atoms with Crippen molar-refractivity contribution in [3.8, 4) is 11.5 Å². The predicted octanol–water partition coefficient (Wildman–Crippen LogP) is 3.09. The SMILES string of the molecule is O=C([O-])/C(=C/c1cc2c(cc1Cl)OCO2)Sc1nc2ccccc2o1. The van der Waals surface area contributed by atoms with E-state index in [0.29, 0.717) is 33.2 Å². The normalized spacial score (nSPS) is 13.4. The number of oxazole rings is 1. The van der Waals surface area contributed by atoms with Crippen LogP contribution in [0.3, 0.4) is 0 Å². The van der Waals surface area contributed by atoms with Gasteiger partial charge in [0.1, 0.15) is 5.52 Å². The zero-order chi connectivity index (χ0) is 17.4. The Morgan fingerprint density at radius 1 is 1.24 bits per heavy atom. The van der Waals surface area contributed by atoms with E-state index < -0.39 is 5.97 Å². The molecule has 3 aromatic rings. The molecule has 0 unspecified atom stereocenters. The summed E-state index contributed by atoms with van der Waals surface area (Å²) < 4.78 is 16.0. The van der Waals surface area contributed by atoms with Crippen LogP contribution in [0, 0.1) is 0 Å². The largest absolute Gasteiger partial charge is 0.544 e. The van der Waals surface area contributed by atoms with Gasteiger partial charge in [0.15, 0.2) is 17.1 Å². The lowest BCUT2D eigenvalue weighted by Gasteiger charge is -2.07. The van der Waals surface area contributed by atoms with E-state index in [9.17, 15) is 9.90 Å². The summed E-state index contributed by atoms with van der Waals surface area (Å²) in [7, 11) is 0. The van der Waals surface area contributed by atoms with Gasteiger partial charge in [-0.15, -0.1) is 0 Å². The van der Waals surface area contributed by atoms with Crippen LogP contribution in [0.2, 0.25) is 5.02 Å². The Kier molecular flexibility index (Phi) is 4.03. The maximum absolute atomic E-state index is 11.5. The molecule has 0 amide bonds. The number of hydrogen-bond acceptors (Lipinski definition) is 7. The molecule has 0 atom stereocenters. The fourth-order valence-corrected chi connectivity index (χ4v) is 3.24. The van der Waals surface area contributed by atoms with Crippen LogP contribution in [0.15, 0.2) is 50.9 Å². The number of benzene rings is 2. The van der Waals surface area contributed by atoms with Crippen LogP contribution in [0.5, 0.6) is 11.5 Å². The summed E-state index contributed by atoms with van der Waals surface area (Å²) in [6.45, 7) is 0.101. The molecule has 2 aromatic carbocycles. The third-order valence-corrected chi connectivity index (χ3v) is 4.63. The number of halogens is 1. The maximum atomic E-state index is 11.5. The Morgan fingerprint density at radius 2 is 2.00 bits per heavy atom. The Hall–Kier alpha value is -2.64. The summed E-state index contributed by atoms with van der Waals surface area (Å²) in [5.41, 5.74) is 1.68. The molecule has 0 radical (unpaired) electrons. The number of thioether (sulfide) groups is 1. The topological polar surface area (TPSA) is 84.6 Å². The first-order valence-corrected chi connectivity index (χ1v) is 8.35. The fraction of sp³-hybridized carbons (Fsp3) is 0.0588. The average Bonchev–Trinajstić information content (AvgIpc) is 3.19. The Bertz CT molecular complexity index is 980. The van der Waals surface area contributed by atoms with Crippen LogP contribution in [0.25, 0.3) is 17.2 Å². The van der Waals surface area contributed by atoms with Gasteiger partial charge < -0.3 is 23.8 Å². The number of carbonyl (C=O) groups is 1. The third kappa shape index (κ3) is 3.16. The van der Waals surface area contributed by atoms with Crippen molar-refractivity contribution < 1.29 is 23.8 Å². The van der Waals surface area contributed by atoms with Crippen molar-refractivity contribution in [2.45, 2.75) is 5.22 Å². The number of carbonyl (C=O) groups excluding carboxylic acids is 1. The standard InChI is InChI=1S/C17H10ClNO5S/c18-10-7-14-13(22-8-23-14)5-9(10)6-15(16(20)21)25-17-19-11-3-1-2-4-12(11)24-17/h1-7H,8H2,(H,20,21)/p-1/b15-6-. The molecule has 126 valence electrons. The van der Waals surface area contributed by atoms with Crippen LogP contribution in [-0.4, -0.2) is 17.7 Å². The minimum absolute atomic E-state index is 0.0904. The summed E-state index contributed by atoms with van der Waals surface area (Å²) >= 11 is 7.03. The number of aliphatic carboxylic acids is 1. The summed E-state index contributed by atoms with van der Waals surface area (Å²) in [6, 6.07) is 10.3. The Balaban J connectivity index is 1.69. The highest BCUT2D eigenvalue weighted by Crippen LogP contribution is 2.39. The smallest absolute Gasteiger partial charge is 0.261 e. The van der Waals surface area contributed by atoms with Crippen LogP contribution in [0.4, 0.5) is 0 Å². The molecule has 0 saturated heterocycles. The van der Waals surface area contributed by atoms with Crippen molar-refractivity contribution >= 4 is 46.5 Å². The van der Waals surface area contributed by atoms with Crippen molar-refractivity contribution in [3.63, 3.8) is 0 Å². The number of para-hydroxylation sites is 2. The van der Waals surface area contributed by atoms with E-state index in [0.717, 1.165) is 11.8 Å². The number of carboxylic acid groups (broad SMARTS) is 1. The third-order valence-electron chi connectivity index (χ3n) is 3.45. The molecule has 0 saturated carbocycles. The van der Waals surface area contributed by atoms with Crippen molar-refractivity contribution in [2.24, 2.45) is 0 Å². The molecular weight excluding hydrogens is 366 g/mol. The van der Waals surface area contributed by atoms with Gasteiger partial charge in [-0.2, -0.15) is 0 Å². The van der Waals surface area contributed by atoms with Gasteiger partial charge in [0, 0.05) is 11.0 Å². The summed E-state index contributed by atoms with van der Waals surface area (Å²) in [4.78, 5) is 15.7. The number of carboxylic acids is 1. The fourth-order valence-electron chi connectivity index (χ4n) is 2.30. The molecule has 1 aliphatic heterocycles. The number of ether oxygens (including phenoxy) is 2. The minimum Gasteiger partial charge on any atom is -0.544 e. The average molecular weight is 375 g/mol. The van der Waals surface area contributed by atoms with Gasteiger partial charge in [-0.25, -0.2) is 4.98 Å². The highest BCUT2D eigenvalue weighted by atomic mass is 35.5. The molecule has 0 fully saturated rings. The highest BCUT2D eigenvalue weighted by Gasteiger charge is 2.17. The zero-order valence-electron chi connectivity index (χ0n) is 12.5. The van der Waals surface area contributed by atoms with E-state index in [1.807, 2.05) is 12.1 Å². The lowest BCUT2D eigenvalue weighted by Crippen LogP contribution is -2.23. The van der Waals surface area contributed by atoms with Crippen molar-refractivity contribution in [1.29, 1.82) is 0 Å². The number of aromatic nitrogens is 1. The second-order valence-corrected chi connectivity index (χ2v) is 6.47.